The molecule has 0 aromatic heterocycles. The van der Waals surface area contributed by atoms with Gasteiger partial charge in [-0.3, -0.25) is 9.59 Å². The highest BCUT2D eigenvalue weighted by molar-refractivity contribution is 5.84. The van der Waals surface area contributed by atoms with Crippen LogP contribution in [0.4, 0.5) is 0 Å². The maximum Gasteiger partial charge on any atom is 0.305 e. The Kier molecular flexibility index (Phi) is 4.29. The Morgan fingerprint density at radius 3 is 2.38 bits per heavy atom. The van der Waals surface area contributed by atoms with Gasteiger partial charge in [0.25, 0.3) is 0 Å². The number of nitrogens with one attached hydrogen (secondary N) is 1. The summed E-state index contributed by atoms with van der Waals surface area (Å²) in [6.45, 7) is 0. The van der Waals surface area contributed by atoms with Crippen LogP contribution < -0.4 is 14.8 Å². The number of fused-ring (bicyclic) bond motifs is 5. The quantitative estimate of drug-likeness (QED) is 0.782. The maximum atomic E-state index is 12.8. The zero-order valence-electron chi connectivity index (χ0n) is 15.1. The number of carboxylic acids is 1. The first-order chi connectivity index (χ1) is 12.5. The van der Waals surface area contributed by atoms with Crippen molar-refractivity contribution in [2.45, 2.75) is 31.7 Å². The summed E-state index contributed by atoms with van der Waals surface area (Å²) in [6.07, 6.45) is 3.64. The van der Waals surface area contributed by atoms with Gasteiger partial charge in [-0.2, -0.15) is 0 Å². The number of aliphatic carboxylic acids is 1. The average Bonchev–Trinajstić information content (AvgIpc) is 3.08. The first kappa shape index (κ1) is 17.2. The Hall–Kier alpha value is -2.24. The number of carbonyl (C=O) groups excluding carboxylic acids is 1. The van der Waals surface area contributed by atoms with Crippen LogP contribution in [0.3, 0.4) is 0 Å². The van der Waals surface area contributed by atoms with Crippen LogP contribution in [-0.2, 0) is 9.59 Å². The van der Waals surface area contributed by atoms with Crippen molar-refractivity contribution in [1.82, 2.24) is 5.32 Å². The van der Waals surface area contributed by atoms with E-state index in [-0.39, 0.29) is 18.2 Å². The van der Waals surface area contributed by atoms with Crippen molar-refractivity contribution in [3.63, 3.8) is 0 Å². The van der Waals surface area contributed by atoms with Gasteiger partial charge in [-0.1, -0.05) is 6.07 Å². The number of carbonyl (C=O) groups is 2. The molecule has 3 fully saturated rings. The van der Waals surface area contributed by atoms with Crippen molar-refractivity contribution in [3.05, 3.63) is 23.8 Å². The molecule has 1 amide bonds. The van der Waals surface area contributed by atoms with Crippen LogP contribution in [0.1, 0.15) is 37.3 Å². The molecule has 6 nitrogen and oxygen atoms in total. The molecule has 6 heteroatoms. The summed E-state index contributed by atoms with van der Waals surface area (Å²) >= 11 is 0. The number of benzene rings is 1. The molecule has 3 aliphatic rings. The monoisotopic (exact) mass is 359 g/mol. The van der Waals surface area contributed by atoms with E-state index in [1.165, 1.54) is 26.4 Å². The van der Waals surface area contributed by atoms with Crippen molar-refractivity contribution >= 4 is 11.9 Å². The van der Waals surface area contributed by atoms with Gasteiger partial charge in [0.1, 0.15) is 0 Å². The fourth-order valence-electron chi connectivity index (χ4n) is 5.44. The zero-order valence-corrected chi connectivity index (χ0v) is 15.1. The van der Waals surface area contributed by atoms with Crippen LogP contribution in [0.15, 0.2) is 18.2 Å². The summed E-state index contributed by atoms with van der Waals surface area (Å²) in [5.41, 5.74) is 0.715. The number of rotatable bonds is 7. The smallest absolute Gasteiger partial charge is 0.305 e. The highest BCUT2D eigenvalue weighted by Gasteiger charge is 2.67. The molecule has 5 unspecified atom stereocenters. The molecule has 2 bridgehead atoms. The minimum absolute atomic E-state index is 0.0117. The van der Waals surface area contributed by atoms with Gasteiger partial charge in [0.05, 0.1) is 26.7 Å². The van der Waals surface area contributed by atoms with E-state index in [0.29, 0.717) is 40.7 Å². The molecule has 140 valence electrons. The van der Waals surface area contributed by atoms with Crippen molar-refractivity contribution in [3.8, 4) is 11.5 Å². The van der Waals surface area contributed by atoms with Crippen LogP contribution in [0.2, 0.25) is 0 Å². The normalized spacial score (nSPS) is 31.8. The maximum absolute atomic E-state index is 12.8. The van der Waals surface area contributed by atoms with Crippen LogP contribution in [0.25, 0.3) is 0 Å². The standard InChI is InChI=1S/C20H25NO5/c1-25-14-6-5-10(8-15(14)26-2)13(9-16(22)23)21-20(24)19-17-11-3-4-12(7-11)18(17)19/h5-6,8,11-13,17-19H,3-4,7,9H2,1-2H3,(H,21,24)(H,22,23). The SMILES string of the molecule is COc1ccc(C(CC(=O)O)NC(=O)C2C3C4CCC(C4)C23)cc1OC. The molecule has 3 saturated carbocycles. The second-order valence-electron chi connectivity index (χ2n) is 7.79. The number of amides is 1. The molecule has 1 aromatic carbocycles. The van der Waals surface area contributed by atoms with Gasteiger partial charge in [-0.05, 0) is 60.6 Å². The number of carboxylic acid groups (broad SMARTS) is 1. The van der Waals surface area contributed by atoms with Crippen molar-refractivity contribution in [2.75, 3.05) is 14.2 Å². The third kappa shape index (κ3) is 2.81. The first-order valence-electron chi connectivity index (χ1n) is 9.27. The van der Waals surface area contributed by atoms with Gasteiger partial charge in [0.2, 0.25) is 5.91 Å². The van der Waals surface area contributed by atoms with E-state index in [1.54, 1.807) is 25.3 Å². The predicted molar refractivity (Wildman–Crippen MR) is 94.0 cm³/mol. The van der Waals surface area contributed by atoms with E-state index in [2.05, 4.69) is 5.32 Å². The minimum Gasteiger partial charge on any atom is -0.493 e. The lowest BCUT2D eigenvalue weighted by Gasteiger charge is -2.20. The van der Waals surface area contributed by atoms with E-state index >= 15 is 0 Å². The third-order valence-corrected chi connectivity index (χ3v) is 6.54. The summed E-state index contributed by atoms with van der Waals surface area (Å²) in [7, 11) is 3.09. The van der Waals surface area contributed by atoms with E-state index in [4.69, 9.17) is 9.47 Å². The number of hydrogen-bond donors (Lipinski definition) is 2. The fraction of sp³-hybridized carbons (Fsp3) is 0.600. The molecule has 0 saturated heterocycles. The summed E-state index contributed by atoms with van der Waals surface area (Å²) in [5, 5.41) is 12.3. The molecule has 0 radical (unpaired) electrons. The van der Waals surface area contributed by atoms with E-state index in [1.807, 2.05) is 0 Å². The van der Waals surface area contributed by atoms with Crippen molar-refractivity contribution < 1.29 is 24.2 Å². The van der Waals surface area contributed by atoms with Gasteiger partial charge >= 0.3 is 5.97 Å². The Labute approximate surface area is 152 Å². The molecule has 2 N–H and O–H groups in total. The van der Waals surface area contributed by atoms with Crippen LogP contribution in [-0.4, -0.2) is 31.2 Å². The second kappa shape index (κ2) is 6.49. The lowest BCUT2D eigenvalue weighted by Crippen LogP contribution is -2.33. The fourth-order valence-corrected chi connectivity index (χ4v) is 5.44. The second-order valence-corrected chi connectivity index (χ2v) is 7.79. The number of methoxy groups -OCH3 is 2. The van der Waals surface area contributed by atoms with E-state index < -0.39 is 12.0 Å². The predicted octanol–water partition coefficient (Wildman–Crippen LogP) is 2.63. The highest BCUT2D eigenvalue weighted by atomic mass is 16.5. The number of hydrogen-bond acceptors (Lipinski definition) is 4. The Balaban J connectivity index is 1.50. The Bertz CT molecular complexity index is 717. The molecule has 0 heterocycles. The van der Waals surface area contributed by atoms with Gasteiger partial charge in [0.15, 0.2) is 11.5 Å². The van der Waals surface area contributed by atoms with Crippen LogP contribution in [0.5, 0.6) is 11.5 Å². The van der Waals surface area contributed by atoms with Crippen molar-refractivity contribution in [1.29, 1.82) is 0 Å². The lowest BCUT2D eigenvalue weighted by atomic mass is 9.99. The molecule has 1 aromatic rings. The zero-order chi connectivity index (χ0) is 18.4. The summed E-state index contributed by atoms with van der Waals surface area (Å²) in [4.78, 5) is 24.2. The van der Waals surface area contributed by atoms with E-state index in [9.17, 15) is 14.7 Å². The summed E-state index contributed by atoms with van der Waals surface area (Å²) in [6, 6.07) is 4.69. The third-order valence-electron chi connectivity index (χ3n) is 6.54. The molecular formula is C20H25NO5. The molecule has 0 aliphatic heterocycles. The highest BCUT2D eigenvalue weighted by Crippen LogP contribution is 2.69. The molecule has 0 spiro atoms. The molecular weight excluding hydrogens is 334 g/mol. The van der Waals surface area contributed by atoms with E-state index in [0.717, 1.165) is 0 Å². The summed E-state index contributed by atoms with van der Waals surface area (Å²) < 4.78 is 10.5. The van der Waals surface area contributed by atoms with Gasteiger partial charge in [0, 0.05) is 5.92 Å². The largest absolute Gasteiger partial charge is 0.493 e. The number of ether oxygens (including phenoxy) is 2. The molecule has 4 rings (SSSR count). The van der Waals surface area contributed by atoms with Crippen LogP contribution >= 0.6 is 0 Å². The topological polar surface area (TPSA) is 84.9 Å². The summed E-state index contributed by atoms with van der Waals surface area (Å²) in [5.74, 6) is 2.73. The van der Waals surface area contributed by atoms with Gasteiger partial charge in [-0.25, -0.2) is 0 Å². The van der Waals surface area contributed by atoms with Gasteiger partial charge < -0.3 is 19.9 Å². The first-order valence-corrected chi connectivity index (χ1v) is 9.27. The minimum atomic E-state index is -0.943. The Morgan fingerprint density at radius 1 is 1.15 bits per heavy atom. The molecule has 26 heavy (non-hydrogen) atoms. The van der Waals surface area contributed by atoms with Gasteiger partial charge in [-0.15, -0.1) is 0 Å². The van der Waals surface area contributed by atoms with Crippen LogP contribution in [0, 0.1) is 29.6 Å². The lowest BCUT2D eigenvalue weighted by molar-refractivity contribution is -0.137. The molecule has 3 aliphatic carbocycles. The average molecular weight is 359 g/mol. The Morgan fingerprint density at radius 2 is 1.81 bits per heavy atom. The molecule has 5 atom stereocenters. The van der Waals surface area contributed by atoms with Crippen molar-refractivity contribution in [2.24, 2.45) is 29.6 Å².